The van der Waals surface area contributed by atoms with Gasteiger partial charge < -0.3 is 10.6 Å². The van der Waals surface area contributed by atoms with Gasteiger partial charge >= 0.3 is 0 Å². The summed E-state index contributed by atoms with van der Waals surface area (Å²) in [4.78, 5) is 6.45. The van der Waals surface area contributed by atoms with E-state index >= 15 is 0 Å². The first kappa shape index (κ1) is 11.3. The number of aromatic nitrogens is 3. The lowest BCUT2D eigenvalue weighted by Crippen LogP contribution is -2.19. The Morgan fingerprint density at radius 3 is 2.61 bits per heavy atom. The number of nitrogens with two attached hydrogens (primary N) is 1. The number of hydrogen-bond acceptors (Lipinski definition) is 4. The Hall–Kier alpha value is -1.75. The maximum Gasteiger partial charge on any atom is 0.246 e. The topological polar surface area (TPSA) is 60.0 Å². The molecule has 0 bridgehead atoms. The summed E-state index contributed by atoms with van der Waals surface area (Å²) in [6.07, 6.45) is 2.36. The maximum atomic E-state index is 6.14. The van der Waals surface area contributed by atoms with Crippen molar-refractivity contribution in [3.8, 4) is 5.69 Å². The molecule has 0 radical (unpaired) electrons. The summed E-state index contributed by atoms with van der Waals surface area (Å²) in [5.74, 6) is 1.05. The highest BCUT2D eigenvalue weighted by molar-refractivity contribution is 6.32. The van der Waals surface area contributed by atoms with Gasteiger partial charge in [0.15, 0.2) is 0 Å². The van der Waals surface area contributed by atoms with Gasteiger partial charge in [0.1, 0.15) is 0 Å². The van der Waals surface area contributed by atoms with Crippen molar-refractivity contribution in [1.82, 2.24) is 14.8 Å². The molecule has 94 valence electrons. The monoisotopic (exact) mass is 263 g/mol. The highest BCUT2D eigenvalue weighted by Gasteiger charge is 2.19. The first-order valence-corrected chi connectivity index (χ1v) is 6.36. The van der Waals surface area contributed by atoms with Crippen LogP contribution in [0.15, 0.2) is 24.3 Å². The van der Waals surface area contributed by atoms with Gasteiger partial charge in [-0.2, -0.15) is 9.67 Å². The highest BCUT2D eigenvalue weighted by Crippen LogP contribution is 2.24. The number of para-hydroxylation sites is 1. The van der Waals surface area contributed by atoms with Crippen molar-refractivity contribution < 1.29 is 0 Å². The van der Waals surface area contributed by atoms with E-state index in [1.165, 1.54) is 12.8 Å². The minimum Gasteiger partial charge on any atom is -0.368 e. The molecule has 3 rings (SSSR count). The van der Waals surface area contributed by atoms with Crippen LogP contribution in [0.25, 0.3) is 5.69 Å². The van der Waals surface area contributed by atoms with Gasteiger partial charge in [-0.1, -0.05) is 23.7 Å². The van der Waals surface area contributed by atoms with Crippen LogP contribution in [0.2, 0.25) is 5.02 Å². The molecule has 5 nitrogen and oxygen atoms in total. The van der Waals surface area contributed by atoms with Crippen LogP contribution in [0.1, 0.15) is 12.8 Å². The Labute approximate surface area is 110 Å². The molecular weight excluding hydrogens is 250 g/mol. The van der Waals surface area contributed by atoms with Crippen LogP contribution in [0, 0.1) is 0 Å². The Morgan fingerprint density at radius 2 is 1.89 bits per heavy atom. The molecule has 0 amide bonds. The third-order valence-electron chi connectivity index (χ3n) is 3.09. The third kappa shape index (κ3) is 1.90. The molecule has 1 aliphatic heterocycles. The molecule has 1 saturated heterocycles. The van der Waals surface area contributed by atoms with Crippen molar-refractivity contribution >= 4 is 23.5 Å². The fourth-order valence-corrected chi connectivity index (χ4v) is 2.38. The Balaban J connectivity index is 2.00. The molecule has 0 atom stereocenters. The lowest BCUT2D eigenvalue weighted by Gasteiger charge is -2.11. The molecule has 0 spiro atoms. The van der Waals surface area contributed by atoms with Crippen LogP contribution in [0.4, 0.5) is 11.9 Å². The zero-order valence-corrected chi connectivity index (χ0v) is 10.6. The van der Waals surface area contributed by atoms with Crippen LogP contribution in [-0.2, 0) is 0 Å². The van der Waals surface area contributed by atoms with Crippen molar-refractivity contribution in [2.45, 2.75) is 12.8 Å². The maximum absolute atomic E-state index is 6.14. The number of anilines is 2. The van der Waals surface area contributed by atoms with Crippen molar-refractivity contribution in [3.05, 3.63) is 29.3 Å². The number of nitrogen functional groups attached to an aromatic ring is 1. The van der Waals surface area contributed by atoms with Gasteiger partial charge in [0.25, 0.3) is 0 Å². The fraction of sp³-hybridized carbons (Fsp3) is 0.333. The van der Waals surface area contributed by atoms with Gasteiger partial charge in [-0.3, -0.25) is 0 Å². The van der Waals surface area contributed by atoms with Crippen molar-refractivity contribution in [3.63, 3.8) is 0 Å². The SMILES string of the molecule is Nc1nc(N2CCCC2)nn1-c1ccccc1Cl. The van der Waals surface area contributed by atoms with Crippen molar-refractivity contribution in [1.29, 1.82) is 0 Å². The van der Waals surface area contributed by atoms with Gasteiger partial charge in [0.05, 0.1) is 10.7 Å². The van der Waals surface area contributed by atoms with Gasteiger partial charge in [0, 0.05) is 13.1 Å². The smallest absolute Gasteiger partial charge is 0.246 e. The van der Waals surface area contributed by atoms with Crippen LogP contribution in [0.3, 0.4) is 0 Å². The zero-order valence-electron chi connectivity index (χ0n) is 9.88. The fourth-order valence-electron chi connectivity index (χ4n) is 2.16. The van der Waals surface area contributed by atoms with Crippen LogP contribution < -0.4 is 10.6 Å². The van der Waals surface area contributed by atoms with E-state index in [4.69, 9.17) is 17.3 Å². The summed E-state index contributed by atoms with van der Waals surface area (Å²) in [5, 5.41) is 5.06. The third-order valence-corrected chi connectivity index (χ3v) is 3.41. The van der Waals surface area contributed by atoms with Crippen molar-refractivity contribution in [2.75, 3.05) is 23.7 Å². The average molecular weight is 264 g/mol. The normalized spacial score (nSPS) is 15.3. The van der Waals surface area contributed by atoms with Gasteiger partial charge in [0.2, 0.25) is 11.9 Å². The lowest BCUT2D eigenvalue weighted by atomic mass is 10.3. The number of rotatable bonds is 2. The average Bonchev–Trinajstić information content (AvgIpc) is 2.99. The molecular formula is C12H14ClN5. The van der Waals surface area contributed by atoms with Gasteiger partial charge in [-0.15, -0.1) is 5.10 Å². The molecule has 0 aliphatic carbocycles. The predicted molar refractivity (Wildman–Crippen MR) is 72.2 cm³/mol. The number of hydrogen-bond donors (Lipinski definition) is 1. The van der Waals surface area contributed by atoms with E-state index in [9.17, 15) is 0 Å². The van der Waals surface area contributed by atoms with E-state index in [-0.39, 0.29) is 0 Å². The Morgan fingerprint density at radius 1 is 1.17 bits per heavy atom. The van der Waals surface area contributed by atoms with Gasteiger partial charge in [-0.05, 0) is 25.0 Å². The second kappa shape index (κ2) is 4.49. The second-order valence-electron chi connectivity index (χ2n) is 4.33. The van der Waals surface area contributed by atoms with E-state index in [1.54, 1.807) is 4.68 Å². The molecule has 2 N–H and O–H groups in total. The molecule has 1 fully saturated rings. The van der Waals surface area contributed by atoms with Crippen LogP contribution in [0.5, 0.6) is 0 Å². The summed E-state index contributed by atoms with van der Waals surface area (Å²) in [7, 11) is 0. The molecule has 2 aromatic rings. The Kier molecular flexibility index (Phi) is 2.83. The first-order valence-electron chi connectivity index (χ1n) is 5.98. The summed E-state index contributed by atoms with van der Waals surface area (Å²) in [5.41, 5.74) is 6.67. The molecule has 0 saturated carbocycles. The van der Waals surface area contributed by atoms with Crippen LogP contribution >= 0.6 is 11.6 Å². The zero-order chi connectivity index (χ0) is 12.5. The minimum absolute atomic E-state index is 0.366. The lowest BCUT2D eigenvalue weighted by molar-refractivity contribution is 0.847. The molecule has 0 unspecified atom stereocenters. The predicted octanol–water partition coefficient (Wildman–Crippen LogP) is 2.10. The second-order valence-corrected chi connectivity index (χ2v) is 4.73. The molecule has 1 aromatic heterocycles. The van der Waals surface area contributed by atoms with E-state index in [0.717, 1.165) is 18.8 Å². The summed E-state index contributed by atoms with van der Waals surface area (Å²) in [6.45, 7) is 1.98. The first-order chi connectivity index (χ1) is 8.75. The number of halogens is 1. The van der Waals surface area contributed by atoms with E-state index in [0.29, 0.717) is 16.9 Å². The number of benzene rings is 1. The standard InChI is InChI=1S/C12H14ClN5/c13-9-5-1-2-6-10(9)18-11(14)15-12(16-18)17-7-3-4-8-17/h1-2,5-6H,3-4,7-8H2,(H2,14,15,16). The summed E-state index contributed by atoms with van der Waals surface area (Å²) < 4.78 is 1.59. The van der Waals surface area contributed by atoms with Crippen molar-refractivity contribution in [2.24, 2.45) is 0 Å². The Bertz CT molecular complexity index is 559. The van der Waals surface area contributed by atoms with Gasteiger partial charge in [-0.25, -0.2) is 0 Å². The van der Waals surface area contributed by atoms with Crippen LogP contribution in [-0.4, -0.2) is 27.9 Å². The summed E-state index contributed by atoms with van der Waals surface area (Å²) >= 11 is 6.14. The molecule has 1 aromatic carbocycles. The van der Waals surface area contributed by atoms with E-state index in [1.807, 2.05) is 24.3 Å². The molecule has 1 aliphatic rings. The number of nitrogens with zero attached hydrogens (tertiary/aromatic N) is 4. The highest BCUT2D eigenvalue weighted by atomic mass is 35.5. The molecule has 18 heavy (non-hydrogen) atoms. The largest absolute Gasteiger partial charge is 0.368 e. The molecule has 6 heteroatoms. The van der Waals surface area contributed by atoms with E-state index < -0.39 is 0 Å². The summed E-state index contributed by atoms with van der Waals surface area (Å²) in [6, 6.07) is 7.47. The molecule has 2 heterocycles. The minimum atomic E-state index is 0.366. The quantitative estimate of drug-likeness (QED) is 0.901. The van der Waals surface area contributed by atoms with E-state index in [2.05, 4.69) is 15.0 Å².